The predicted octanol–water partition coefficient (Wildman–Crippen LogP) is 5.68. The zero-order valence-corrected chi connectivity index (χ0v) is 26.6. The normalized spacial score (nSPS) is 26.9. The summed E-state index contributed by atoms with van der Waals surface area (Å²) in [5.74, 6) is 0. The largest absolute Gasteiger partial charge is 0.459 e. The molecule has 3 aliphatic rings. The predicted molar refractivity (Wildman–Crippen MR) is 152 cm³/mol. The fraction of sp³-hybridized carbons (Fsp3) is 0.741. The van der Waals surface area contributed by atoms with E-state index >= 15 is 13.2 Å². The zero-order chi connectivity index (χ0) is 31.2. The molecule has 0 spiro atoms. The zero-order valence-electron chi connectivity index (χ0n) is 25.7. The molecule has 1 aromatic rings. The molecule has 0 radical (unpaired) electrons. The third kappa shape index (κ3) is 5.36. The fourth-order valence-electron chi connectivity index (χ4n) is 5.86. The van der Waals surface area contributed by atoms with E-state index in [1.54, 1.807) is 81.4 Å². The van der Waals surface area contributed by atoms with Crippen LogP contribution in [0.3, 0.4) is 0 Å². The van der Waals surface area contributed by atoms with Crippen LogP contribution >= 0.6 is 0 Å². The van der Waals surface area contributed by atoms with Crippen molar-refractivity contribution in [2.75, 3.05) is 0 Å². The van der Waals surface area contributed by atoms with Gasteiger partial charge in [-0.05, 0) is 87.3 Å². The fourth-order valence-corrected chi connectivity index (χ4v) is 7.17. The first kappa shape index (κ1) is 32.3. The van der Waals surface area contributed by atoms with Crippen molar-refractivity contribution in [1.29, 1.82) is 0 Å². The van der Waals surface area contributed by atoms with Crippen LogP contribution in [0.15, 0.2) is 22.1 Å². The smallest absolute Gasteiger partial charge is 0.403 e. The Kier molecular flexibility index (Phi) is 7.65. The first-order valence-electron chi connectivity index (χ1n) is 13.8. The molecule has 3 fully saturated rings. The lowest BCUT2D eigenvalue weighted by Gasteiger charge is -2.49. The van der Waals surface area contributed by atoms with Gasteiger partial charge in [-0.1, -0.05) is 17.7 Å². The lowest BCUT2D eigenvalue weighted by atomic mass is 9.37. The molecule has 1 saturated carbocycles. The van der Waals surface area contributed by atoms with Gasteiger partial charge in [0.1, 0.15) is 0 Å². The molecular formula is C27H41B2F3N2O6S. The van der Waals surface area contributed by atoms with E-state index in [9.17, 15) is 8.42 Å². The van der Waals surface area contributed by atoms with Crippen molar-refractivity contribution in [2.45, 2.75) is 128 Å². The van der Waals surface area contributed by atoms with Crippen LogP contribution in [-0.2, 0) is 28.6 Å². The van der Waals surface area contributed by atoms with Crippen LogP contribution in [0.25, 0.3) is 0 Å². The highest BCUT2D eigenvalue weighted by molar-refractivity contribution is 7.89. The van der Waals surface area contributed by atoms with Crippen LogP contribution in [0.1, 0.15) is 84.9 Å². The number of aryl methyl sites for hydroxylation is 3. The Morgan fingerprint density at radius 1 is 0.805 bits per heavy atom. The van der Waals surface area contributed by atoms with Crippen LogP contribution in [0.4, 0.5) is 13.2 Å². The summed E-state index contributed by atoms with van der Waals surface area (Å²) in [7, 11) is -6.71. The number of rotatable bonds is 6. The van der Waals surface area contributed by atoms with E-state index in [0.29, 0.717) is 11.1 Å². The van der Waals surface area contributed by atoms with E-state index in [2.05, 4.69) is 9.93 Å². The average molecular weight is 600 g/mol. The molecule has 4 rings (SSSR count). The van der Waals surface area contributed by atoms with E-state index in [0.717, 1.165) is 5.56 Å². The molecule has 41 heavy (non-hydrogen) atoms. The van der Waals surface area contributed by atoms with Crippen molar-refractivity contribution in [3.05, 3.63) is 28.8 Å². The molecule has 1 aromatic carbocycles. The quantitative estimate of drug-likeness (QED) is 0.334. The van der Waals surface area contributed by atoms with Gasteiger partial charge in [0.25, 0.3) is 10.0 Å². The Labute approximate surface area is 242 Å². The number of nitrogens with zero attached hydrogens (tertiary/aromatic N) is 1. The highest BCUT2D eigenvalue weighted by atomic mass is 32.2. The summed E-state index contributed by atoms with van der Waals surface area (Å²) in [6, 6.07) is 3.46. The third-order valence-corrected chi connectivity index (χ3v) is 11.1. The molecule has 228 valence electrons. The number of hydrogen-bond donors (Lipinski definition) is 1. The van der Waals surface area contributed by atoms with E-state index in [-0.39, 0.29) is 10.6 Å². The minimum Gasteiger partial charge on any atom is -0.403 e. The maximum Gasteiger partial charge on any atom is 0.459 e. The second-order valence-corrected chi connectivity index (χ2v) is 15.4. The van der Waals surface area contributed by atoms with Gasteiger partial charge in [0, 0.05) is 24.3 Å². The summed E-state index contributed by atoms with van der Waals surface area (Å²) in [5, 5.41) is 3.96. The number of hydrazone groups is 1. The molecule has 1 N–H and O–H groups in total. The van der Waals surface area contributed by atoms with Gasteiger partial charge in [-0.25, -0.2) is 4.83 Å². The molecule has 0 amide bonds. The highest BCUT2D eigenvalue weighted by Gasteiger charge is 2.75. The lowest BCUT2D eigenvalue weighted by molar-refractivity contribution is -0.228. The average Bonchev–Trinajstić information content (AvgIpc) is 3.05. The van der Waals surface area contributed by atoms with Crippen LogP contribution in [-0.4, -0.2) is 56.9 Å². The van der Waals surface area contributed by atoms with Crippen molar-refractivity contribution in [1.82, 2.24) is 4.83 Å². The molecule has 2 heterocycles. The molecule has 0 aromatic heterocycles. The lowest BCUT2D eigenvalue weighted by Crippen LogP contribution is -2.60. The molecule has 2 saturated heterocycles. The standard InChI is InChI=1S/C27H41B2F3N2O6S/c1-16-12-17(2)20(18(3)13-16)41(35,36)34-33-19-14-26(15-19,27(30,31)32)21(28-37-22(4,5)23(6,7)38-28)29-39-24(8,9)25(10,11)40-29/h12-13,21,34H,14-15H2,1-11H3. The van der Waals surface area contributed by atoms with Gasteiger partial charge in [-0.2, -0.15) is 26.7 Å². The van der Waals surface area contributed by atoms with E-state index < -0.39 is 76.8 Å². The molecule has 14 heteroatoms. The van der Waals surface area contributed by atoms with Gasteiger partial charge in [0.15, 0.2) is 0 Å². The van der Waals surface area contributed by atoms with Gasteiger partial charge < -0.3 is 18.6 Å². The van der Waals surface area contributed by atoms with E-state index in [1.165, 1.54) is 0 Å². The van der Waals surface area contributed by atoms with Crippen molar-refractivity contribution < 1.29 is 40.2 Å². The number of hydrogen-bond acceptors (Lipinski definition) is 7. The summed E-state index contributed by atoms with van der Waals surface area (Å²) in [5.41, 5.74) is -5.39. The summed E-state index contributed by atoms with van der Waals surface area (Å²) < 4.78 is 96.2. The summed E-state index contributed by atoms with van der Waals surface area (Å²) in [6.45, 7) is 19.3. The third-order valence-electron chi connectivity index (χ3n) is 9.57. The monoisotopic (exact) mass is 600 g/mol. The van der Waals surface area contributed by atoms with E-state index in [1.807, 2.05) is 6.92 Å². The Morgan fingerprint density at radius 2 is 1.17 bits per heavy atom. The minimum absolute atomic E-state index is 0.0566. The Hall–Kier alpha value is -1.60. The molecule has 2 aliphatic heterocycles. The van der Waals surface area contributed by atoms with Crippen molar-refractivity contribution in [2.24, 2.45) is 10.5 Å². The number of sulfonamides is 1. The molecule has 8 nitrogen and oxygen atoms in total. The second kappa shape index (κ2) is 9.70. The van der Waals surface area contributed by atoms with Gasteiger partial charge in [-0.3, -0.25) is 0 Å². The van der Waals surface area contributed by atoms with Gasteiger partial charge >= 0.3 is 20.4 Å². The van der Waals surface area contributed by atoms with Gasteiger partial charge in [-0.15, -0.1) is 0 Å². The maximum absolute atomic E-state index is 15.1. The summed E-state index contributed by atoms with van der Waals surface area (Å²) in [4.78, 5) is 2.22. The molecule has 0 atom stereocenters. The van der Waals surface area contributed by atoms with Crippen LogP contribution in [0.5, 0.6) is 0 Å². The molecular weight excluding hydrogens is 559 g/mol. The number of halogens is 3. The minimum atomic E-state index is -4.73. The molecule has 0 unspecified atom stereocenters. The number of benzene rings is 1. The van der Waals surface area contributed by atoms with Gasteiger partial charge in [0.05, 0.1) is 32.7 Å². The Morgan fingerprint density at radius 3 is 1.51 bits per heavy atom. The van der Waals surface area contributed by atoms with Gasteiger partial charge in [0.2, 0.25) is 0 Å². The van der Waals surface area contributed by atoms with E-state index in [4.69, 9.17) is 18.6 Å². The van der Waals surface area contributed by atoms with Crippen molar-refractivity contribution >= 4 is 30.0 Å². The highest BCUT2D eigenvalue weighted by Crippen LogP contribution is 2.63. The van der Waals surface area contributed by atoms with Crippen LogP contribution in [0, 0.1) is 26.2 Å². The maximum atomic E-state index is 15.1. The Bertz CT molecular complexity index is 1260. The first-order valence-corrected chi connectivity index (χ1v) is 15.3. The second-order valence-electron chi connectivity index (χ2n) is 13.8. The number of nitrogens with one attached hydrogen (secondary N) is 1. The van der Waals surface area contributed by atoms with Crippen LogP contribution in [0.2, 0.25) is 5.72 Å². The summed E-state index contributed by atoms with van der Waals surface area (Å²) in [6.07, 6.45) is -5.86. The molecule has 0 bridgehead atoms. The SMILES string of the molecule is Cc1cc(C)c(S(=O)(=O)NN=C2CC(C(B3OC(C)(C)C(C)(C)O3)B3OC(C)(C)C(C)(C)O3)(C(F)(F)F)C2)c(C)c1. The topological polar surface area (TPSA) is 95.5 Å². The summed E-state index contributed by atoms with van der Waals surface area (Å²) >= 11 is 0. The van der Waals surface area contributed by atoms with Crippen LogP contribution < -0.4 is 4.83 Å². The number of alkyl halides is 3. The van der Waals surface area contributed by atoms with Crippen molar-refractivity contribution in [3.8, 4) is 0 Å². The first-order chi connectivity index (χ1) is 18.4. The Balaban J connectivity index is 1.70. The molecule has 1 aliphatic carbocycles. The van der Waals surface area contributed by atoms with Crippen molar-refractivity contribution in [3.63, 3.8) is 0 Å².